The third-order valence-corrected chi connectivity index (χ3v) is 4.79. The SMILES string of the molecule is O=C(O)c1cccc(C(=O)NC2CCOC3(CCCCC3)C2)n1. The van der Waals surface area contributed by atoms with Crippen molar-refractivity contribution in [1.29, 1.82) is 0 Å². The Morgan fingerprint density at radius 1 is 1.22 bits per heavy atom. The number of hydrogen-bond donors (Lipinski definition) is 2. The van der Waals surface area contributed by atoms with Crippen molar-refractivity contribution in [2.75, 3.05) is 6.61 Å². The van der Waals surface area contributed by atoms with Crippen molar-refractivity contribution in [3.05, 3.63) is 29.6 Å². The minimum atomic E-state index is -1.13. The third-order valence-electron chi connectivity index (χ3n) is 4.79. The molecule has 2 aliphatic rings. The second-order valence-corrected chi connectivity index (χ2v) is 6.47. The molecule has 1 spiro atoms. The lowest BCUT2D eigenvalue weighted by atomic mass is 9.78. The van der Waals surface area contributed by atoms with E-state index in [4.69, 9.17) is 9.84 Å². The molecule has 6 nitrogen and oxygen atoms in total. The molecule has 2 N–H and O–H groups in total. The Morgan fingerprint density at radius 3 is 2.70 bits per heavy atom. The molecule has 1 saturated carbocycles. The van der Waals surface area contributed by atoms with E-state index in [1.807, 2.05) is 0 Å². The molecule has 0 bridgehead atoms. The van der Waals surface area contributed by atoms with Crippen LogP contribution < -0.4 is 5.32 Å². The number of amides is 1. The van der Waals surface area contributed by atoms with E-state index in [9.17, 15) is 9.59 Å². The zero-order chi connectivity index (χ0) is 16.3. The molecule has 2 fully saturated rings. The van der Waals surface area contributed by atoms with E-state index in [2.05, 4.69) is 10.3 Å². The standard InChI is InChI=1S/C17H22N2O4/c20-15(13-5-4-6-14(19-13)16(21)22)18-12-7-10-23-17(11-12)8-2-1-3-9-17/h4-6,12H,1-3,7-11H2,(H,18,20)(H,21,22). The maximum absolute atomic E-state index is 12.4. The van der Waals surface area contributed by atoms with Gasteiger partial charge in [0, 0.05) is 12.6 Å². The van der Waals surface area contributed by atoms with E-state index in [0.29, 0.717) is 6.61 Å². The van der Waals surface area contributed by atoms with Crippen molar-refractivity contribution in [3.8, 4) is 0 Å². The van der Waals surface area contributed by atoms with Gasteiger partial charge in [0.25, 0.3) is 5.91 Å². The van der Waals surface area contributed by atoms with Crippen LogP contribution in [0.3, 0.4) is 0 Å². The number of aromatic nitrogens is 1. The first kappa shape index (κ1) is 15.9. The van der Waals surface area contributed by atoms with E-state index >= 15 is 0 Å². The van der Waals surface area contributed by atoms with E-state index in [0.717, 1.165) is 25.7 Å². The molecule has 0 aromatic carbocycles. The highest BCUT2D eigenvalue weighted by atomic mass is 16.5. The lowest BCUT2D eigenvalue weighted by molar-refractivity contribution is -0.108. The minimum absolute atomic E-state index is 0.0598. The van der Waals surface area contributed by atoms with Crippen molar-refractivity contribution in [2.24, 2.45) is 0 Å². The third kappa shape index (κ3) is 3.69. The molecule has 1 aromatic rings. The number of nitrogens with one attached hydrogen (secondary N) is 1. The van der Waals surface area contributed by atoms with Gasteiger partial charge in [-0.15, -0.1) is 0 Å². The van der Waals surface area contributed by atoms with Gasteiger partial charge >= 0.3 is 5.97 Å². The fourth-order valence-corrected chi connectivity index (χ4v) is 3.64. The van der Waals surface area contributed by atoms with Gasteiger partial charge in [0.15, 0.2) is 0 Å². The number of aromatic carboxylic acids is 1. The van der Waals surface area contributed by atoms with E-state index in [-0.39, 0.29) is 28.9 Å². The Hall–Kier alpha value is -1.95. The number of carboxylic acids is 1. The van der Waals surface area contributed by atoms with Crippen LogP contribution in [0, 0.1) is 0 Å². The maximum atomic E-state index is 12.4. The van der Waals surface area contributed by atoms with Crippen molar-refractivity contribution in [2.45, 2.75) is 56.6 Å². The van der Waals surface area contributed by atoms with E-state index in [1.165, 1.54) is 37.5 Å². The lowest BCUT2D eigenvalue weighted by Gasteiger charge is -2.43. The van der Waals surface area contributed by atoms with Crippen LogP contribution in [0.25, 0.3) is 0 Å². The molecule has 1 atom stereocenters. The van der Waals surface area contributed by atoms with Crippen LogP contribution in [0.2, 0.25) is 0 Å². The summed E-state index contributed by atoms with van der Waals surface area (Å²) in [6.45, 7) is 0.660. The van der Waals surface area contributed by atoms with Crippen molar-refractivity contribution >= 4 is 11.9 Å². The Morgan fingerprint density at radius 2 is 1.96 bits per heavy atom. The number of pyridine rings is 1. The molecule has 1 amide bonds. The highest BCUT2D eigenvalue weighted by molar-refractivity contribution is 5.94. The number of hydrogen-bond acceptors (Lipinski definition) is 4. The first-order chi connectivity index (χ1) is 11.1. The van der Waals surface area contributed by atoms with Gasteiger partial charge in [0.1, 0.15) is 11.4 Å². The van der Waals surface area contributed by atoms with E-state index in [1.54, 1.807) is 0 Å². The van der Waals surface area contributed by atoms with Gasteiger partial charge in [0.05, 0.1) is 5.60 Å². The summed E-state index contributed by atoms with van der Waals surface area (Å²) in [6, 6.07) is 4.52. The normalized spacial score (nSPS) is 23.4. The average Bonchev–Trinajstić information content (AvgIpc) is 2.55. The number of carbonyl (C=O) groups is 2. The fourth-order valence-electron chi connectivity index (χ4n) is 3.64. The van der Waals surface area contributed by atoms with Gasteiger partial charge in [0.2, 0.25) is 0 Å². The number of nitrogens with zero attached hydrogens (tertiary/aromatic N) is 1. The molecule has 1 saturated heterocycles. The molecule has 1 unspecified atom stereocenters. The second kappa shape index (κ2) is 6.66. The topological polar surface area (TPSA) is 88.5 Å². The summed E-state index contributed by atoms with van der Waals surface area (Å²) in [5.41, 5.74) is -0.0485. The van der Waals surface area contributed by atoms with Crippen LogP contribution in [0.15, 0.2) is 18.2 Å². The Labute approximate surface area is 135 Å². The van der Waals surface area contributed by atoms with Crippen LogP contribution >= 0.6 is 0 Å². The summed E-state index contributed by atoms with van der Waals surface area (Å²) in [5.74, 6) is -1.45. The molecule has 3 rings (SSSR count). The number of ether oxygens (including phenoxy) is 1. The van der Waals surface area contributed by atoms with Gasteiger partial charge in [-0.2, -0.15) is 0 Å². The van der Waals surface area contributed by atoms with Crippen molar-refractivity contribution in [1.82, 2.24) is 10.3 Å². The number of carbonyl (C=O) groups excluding carboxylic acids is 1. The monoisotopic (exact) mass is 318 g/mol. The van der Waals surface area contributed by atoms with Crippen molar-refractivity contribution in [3.63, 3.8) is 0 Å². The van der Waals surface area contributed by atoms with Crippen LogP contribution in [0.4, 0.5) is 0 Å². The lowest BCUT2D eigenvalue weighted by Crippen LogP contribution is -2.49. The van der Waals surface area contributed by atoms with Crippen molar-refractivity contribution < 1.29 is 19.4 Å². The first-order valence-corrected chi connectivity index (χ1v) is 8.23. The van der Waals surface area contributed by atoms with Gasteiger partial charge < -0.3 is 15.2 Å². The molecule has 1 aromatic heterocycles. The molecule has 6 heteroatoms. The predicted octanol–water partition coefficient (Wildman–Crippen LogP) is 2.39. The fraction of sp³-hybridized carbons (Fsp3) is 0.588. The van der Waals surface area contributed by atoms with Gasteiger partial charge in [-0.3, -0.25) is 4.79 Å². The summed E-state index contributed by atoms with van der Waals surface area (Å²) in [4.78, 5) is 27.2. The van der Waals surface area contributed by atoms with Gasteiger partial charge in [-0.1, -0.05) is 25.3 Å². The zero-order valence-corrected chi connectivity index (χ0v) is 13.1. The predicted molar refractivity (Wildman–Crippen MR) is 83.5 cm³/mol. The summed E-state index contributed by atoms with van der Waals surface area (Å²) in [5, 5.41) is 12.0. The molecule has 124 valence electrons. The maximum Gasteiger partial charge on any atom is 0.354 e. The summed E-state index contributed by atoms with van der Waals surface area (Å²) in [6.07, 6.45) is 7.36. The van der Waals surface area contributed by atoms with E-state index < -0.39 is 5.97 Å². The van der Waals surface area contributed by atoms with Crippen LogP contribution in [0.5, 0.6) is 0 Å². The molecule has 23 heavy (non-hydrogen) atoms. The van der Waals surface area contributed by atoms with Crippen LogP contribution in [0.1, 0.15) is 65.9 Å². The Kier molecular flexibility index (Phi) is 4.61. The average molecular weight is 318 g/mol. The zero-order valence-electron chi connectivity index (χ0n) is 13.1. The molecule has 1 aliphatic carbocycles. The summed E-state index contributed by atoms with van der Waals surface area (Å²) in [7, 11) is 0. The van der Waals surface area contributed by atoms with Gasteiger partial charge in [-0.25, -0.2) is 9.78 Å². The summed E-state index contributed by atoms with van der Waals surface area (Å²) < 4.78 is 6.03. The molecular weight excluding hydrogens is 296 g/mol. The molecule has 0 radical (unpaired) electrons. The molecule has 2 heterocycles. The quantitative estimate of drug-likeness (QED) is 0.893. The molecular formula is C17H22N2O4. The second-order valence-electron chi connectivity index (χ2n) is 6.47. The largest absolute Gasteiger partial charge is 0.477 e. The highest BCUT2D eigenvalue weighted by Gasteiger charge is 2.39. The van der Waals surface area contributed by atoms with Gasteiger partial charge in [-0.05, 0) is 37.8 Å². The minimum Gasteiger partial charge on any atom is -0.477 e. The molecule has 1 aliphatic heterocycles. The first-order valence-electron chi connectivity index (χ1n) is 8.23. The smallest absolute Gasteiger partial charge is 0.354 e. The Balaban J connectivity index is 1.65. The number of rotatable bonds is 3. The van der Waals surface area contributed by atoms with Crippen LogP contribution in [-0.4, -0.2) is 40.2 Å². The number of carboxylic acid groups (broad SMARTS) is 1. The highest BCUT2D eigenvalue weighted by Crippen LogP contribution is 2.38. The summed E-state index contributed by atoms with van der Waals surface area (Å²) >= 11 is 0. The van der Waals surface area contributed by atoms with Crippen LogP contribution in [-0.2, 0) is 4.74 Å². The Bertz CT molecular complexity index is 591.